The molecule has 0 saturated carbocycles. The molecule has 0 spiro atoms. The number of hydrogen-bond donors (Lipinski definition) is 3. The molecule has 1 aromatic heterocycles. The van der Waals surface area contributed by atoms with E-state index < -0.39 is 0 Å². The minimum atomic E-state index is -0.180. The van der Waals surface area contributed by atoms with Gasteiger partial charge in [-0.05, 0) is 42.2 Å². The van der Waals surface area contributed by atoms with Crippen LogP contribution in [0.3, 0.4) is 0 Å². The number of nitrogens with one attached hydrogen (secondary N) is 1. The molecule has 0 unspecified atom stereocenters. The number of hydrogen-bond acceptors (Lipinski definition) is 5. The zero-order valence-corrected chi connectivity index (χ0v) is 17.1. The number of imidazole rings is 1. The van der Waals surface area contributed by atoms with Crippen molar-refractivity contribution >= 4 is 17.0 Å². The molecule has 4 aromatic rings. The molecule has 0 aliphatic carbocycles. The molecule has 3 N–H and O–H groups in total. The minimum Gasteiger partial charge on any atom is -0.508 e. The monoisotopic (exact) mass is 415 g/mol. The molecule has 0 radical (unpaired) electrons. The van der Waals surface area contributed by atoms with Gasteiger partial charge in [0.1, 0.15) is 12.0 Å². The number of para-hydroxylation sites is 2. The van der Waals surface area contributed by atoms with Gasteiger partial charge >= 0.3 is 0 Å². The summed E-state index contributed by atoms with van der Waals surface area (Å²) in [4.78, 5) is 4.75. The van der Waals surface area contributed by atoms with Crippen LogP contribution in [-0.4, -0.2) is 32.5 Å². The van der Waals surface area contributed by atoms with Crippen molar-refractivity contribution in [2.75, 3.05) is 11.9 Å². The number of aliphatic hydroxyl groups excluding tert-OH is 1. The van der Waals surface area contributed by atoms with Gasteiger partial charge in [-0.1, -0.05) is 54.6 Å². The Labute approximate surface area is 180 Å². The zero-order valence-electron chi connectivity index (χ0n) is 17.1. The molecular weight excluding hydrogens is 390 g/mol. The lowest BCUT2D eigenvalue weighted by atomic mass is 10.0. The Morgan fingerprint density at radius 3 is 2.55 bits per heavy atom. The van der Waals surface area contributed by atoms with E-state index in [4.69, 9.17) is 9.72 Å². The van der Waals surface area contributed by atoms with E-state index in [2.05, 4.69) is 9.88 Å². The SMILES string of the molecule is OC[C@@H]1CC[C@H](n2c(NCc3ccc(-c4ccccc4)cc3O)nc3ccccc32)O1. The number of phenolic OH excluding ortho intramolecular Hbond substituents is 1. The largest absolute Gasteiger partial charge is 0.508 e. The van der Waals surface area contributed by atoms with E-state index in [0.29, 0.717) is 12.5 Å². The first-order valence-electron chi connectivity index (χ1n) is 10.6. The number of aromatic nitrogens is 2. The van der Waals surface area contributed by atoms with Gasteiger partial charge in [-0.25, -0.2) is 4.98 Å². The van der Waals surface area contributed by atoms with Crippen LogP contribution in [0.25, 0.3) is 22.2 Å². The molecule has 2 heterocycles. The highest BCUT2D eigenvalue weighted by Crippen LogP contribution is 2.34. The van der Waals surface area contributed by atoms with Crippen LogP contribution < -0.4 is 5.32 Å². The van der Waals surface area contributed by atoms with Crippen molar-refractivity contribution in [3.63, 3.8) is 0 Å². The first-order valence-corrected chi connectivity index (χ1v) is 10.6. The van der Waals surface area contributed by atoms with E-state index in [1.54, 1.807) is 6.07 Å². The van der Waals surface area contributed by atoms with E-state index in [0.717, 1.165) is 40.6 Å². The number of aliphatic hydroxyl groups is 1. The van der Waals surface area contributed by atoms with Crippen molar-refractivity contribution in [1.82, 2.24) is 9.55 Å². The first kappa shape index (κ1) is 19.6. The summed E-state index contributed by atoms with van der Waals surface area (Å²) >= 11 is 0. The summed E-state index contributed by atoms with van der Waals surface area (Å²) < 4.78 is 8.08. The summed E-state index contributed by atoms with van der Waals surface area (Å²) in [6.07, 6.45) is 1.31. The van der Waals surface area contributed by atoms with Crippen LogP contribution >= 0.6 is 0 Å². The van der Waals surface area contributed by atoms with Crippen LogP contribution in [0.4, 0.5) is 5.95 Å². The van der Waals surface area contributed by atoms with Gasteiger partial charge < -0.3 is 20.3 Å². The lowest BCUT2D eigenvalue weighted by Crippen LogP contribution is -2.16. The fraction of sp³-hybridized carbons (Fsp3) is 0.240. The smallest absolute Gasteiger partial charge is 0.206 e. The Bertz CT molecular complexity index is 1190. The minimum absolute atomic E-state index is 0.0214. The molecule has 1 saturated heterocycles. The molecular formula is C25H25N3O3. The molecule has 2 atom stereocenters. The summed E-state index contributed by atoms with van der Waals surface area (Å²) in [5.41, 5.74) is 4.69. The van der Waals surface area contributed by atoms with Crippen molar-refractivity contribution in [3.8, 4) is 16.9 Å². The molecule has 5 rings (SSSR count). The van der Waals surface area contributed by atoms with Gasteiger partial charge in [0.2, 0.25) is 5.95 Å². The van der Waals surface area contributed by atoms with E-state index in [1.165, 1.54) is 0 Å². The number of fused-ring (bicyclic) bond motifs is 1. The van der Waals surface area contributed by atoms with Gasteiger partial charge in [0.25, 0.3) is 0 Å². The molecule has 0 amide bonds. The van der Waals surface area contributed by atoms with Crippen LogP contribution in [0.1, 0.15) is 24.6 Å². The summed E-state index contributed by atoms with van der Waals surface area (Å²) in [6, 6.07) is 23.7. The maximum atomic E-state index is 10.6. The third-order valence-electron chi connectivity index (χ3n) is 5.80. The van der Waals surface area contributed by atoms with Crippen LogP contribution in [0, 0.1) is 0 Å². The van der Waals surface area contributed by atoms with Gasteiger partial charge in [0.05, 0.1) is 23.7 Å². The lowest BCUT2D eigenvalue weighted by Gasteiger charge is -2.18. The van der Waals surface area contributed by atoms with Crippen molar-refractivity contribution < 1.29 is 14.9 Å². The molecule has 31 heavy (non-hydrogen) atoms. The second kappa shape index (κ2) is 8.41. The predicted molar refractivity (Wildman–Crippen MR) is 121 cm³/mol. The van der Waals surface area contributed by atoms with Crippen molar-refractivity contribution in [2.45, 2.75) is 31.7 Å². The Balaban J connectivity index is 1.40. The molecule has 0 bridgehead atoms. The Morgan fingerprint density at radius 2 is 1.77 bits per heavy atom. The van der Waals surface area contributed by atoms with Gasteiger partial charge in [-0.2, -0.15) is 0 Å². The van der Waals surface area contributed by atoms with Crippen LogP contribution in [0.5, 0.6) is 5.75 Å². The molecule has 6 heteroatoms. The van der Waals surface area contributed by atoms with Crippen LogP contribution in [0.15, 0.2) is 72.8 Å². The molecule has 1 aliphatic heterocycles. The maximum Gasteiger partial charge on any atom is 0.206 e. The van der Waals surface area contributed by atoms with Crippen LogP contribution in [0.2, 0.25) is 0 Å². The average molecular weight is 415 g/mol. The summed E-state index contributed by atoms with van der Waals surface area (Å²) in [5.74, 6) is 0.935. The van der Waals surface area contributed by atoms with Gasteiger partial charge in [-0.3, -0.25) is 4.57 Å². The van der Waals surface area contributed by atoms with Crippen molar-refractivity contribution in [3.05, 3.63) is 78.4 Å². The Hall–Kier alpha value is -3.35. The quantitative estimate of drug-likeness (QED) is 0.426. The molecule has 1 aliphatic rings. The van der Waals surface area contributed by atoms with Gasteiger partial charge in [-0.15, -0.1) is 0 Å². The number of nitrogens with zero attached hydrogens (tertiary/aromatic N) is 2. The fourth-order valence-corrected chi connectivity index (χ4v) is 4.17. The standard InChI is InChI=1S/C25H25N3O3/c29-16-20-12-13-24(31-20)28-22-9-5-4-8-21(22)27-25(28)26-15-19-11-10-18(14-23(19)30)17-6-2-1-3-7-17/h1-11,14,20,24,29-30H,12-13,15-16H2,(H,26,27)/t20-,24+/m0/s1. The molecule has 6 nitrogen and oxygen atoms in total. The third kappa shape index (κ3) is 3.87. The molecule has 1 fully saturated rings. The first-order chi connectivity index (χ1) is 15.2. The van der Waals surface area contributed by atoms with E-state index in [1.807, 2.05) is 66.7 Å². The summed E-state index contributed by atoms with van der Waals surface area (Å²) in [6.45, 7) is 0.452. The zero-order chi connectivity index (χ0) is 21.2. The molecule has 158 valence electrons. The number of phenols is 1. The van der Waals surface area contributed by atoms with E-state index >= 15 is 0 Å². The Morgan fingerprint density at radius 1 is 0.968 bits per heavy atom. The van der Waals surface area contributed by atoms with Crippen molar-refractivity contribution in [1.29, 1.82) is 0 Å². The van der Waals surface area contributed by atoms with E-state index in [-0.39, 0.29) is 24.7 Å². The lowest BCUT2D eigenvalue weighted by molar-refractivity contribution is -0.0195. The normalized spacial score (nSPS) is 18.5. The molecule has 3 aromatic carbocycles. The fourth-order valence-electron chi connectivity index (χ4n) is 4.17. The third-order valence-corrected chi connectivity index (χ3v) is 5.80. The number of aromatic hydroxyl groups is 1. The average Bonchev–Trinajstić information content (AvgIpc) is 3.42. The van der Waals surface area contributed by atoms with Gasteiger partial charge in [0, 0.05) is 12.1 Å². The highest BCUT2D eigenvalue weighted by atomic mass is 16.5. The van der Waals surface area contributed by atoms with Gasteiger partial charge in [0.15, 0.2) is 0 Å². The summed E-state index contributed by atoms with van der Waals surface area (Å²) in [7, 11) is 0. The predicted octanol–water partition coefficient (Wildman–Crippen LogP) is 4.69. The summed E-state index contributed by atoms with van der Waals surface area (Å²) in [5, 5.41) is 23.4. The second-order valence-corrected chi connectivity index (χ2v) is 7.83. The maximum absolute atomic E-state index is 10.6. The highest BCUT2D eigenvalue weighted by molar-refractivity contribution is 5.78. The topological polar surface area (TPSA) is 79.5 Å². The van der Waals surface area contributed by atoms with E-state index in [9.17, 15) is 10.2 Å². The highest BCUT2D eigenvalue weighted by Gasteiger charge is 2.29. The Kier molecular flexibility index (Phi) is 5.32. The number of benzene rings is 3. The number of rotatable bonds is 6. The number of ether oxygens (including phenoxy) is 1. The second-order valence-electron chi connectivity index (χ2n) is 7.83. The van der Waals surface area contributed by atoms with Crippen LogP contribution in [-0.2, 0) is 11.3 Å². The number of anilines is 1. The van der Waals surface area contributed by atoms with Crippen molar-refractivity contribution in [2.24, 2.45) is 0 Å².